The molecule has 0 rings (SSSR count). The minimum atomic E-state index is -0.0242. The molecule has 278 valence electrons. The maximum absolute atomic E-state index is 9.13. The fourth-order valence-corrected chi connectivity index (χ4v) is 4.35. The van der Waals surface area contributed by atoms with Crippen LogP contribution in [0.2, 0.25) is 0 Å². The summed E-state index contributed by atoms with van der Waals surface area (Å²) in [5, 5.41) is 54.4. The minimum Gasteiger partial charge on any atom is -0.394 e. The zero-order chi connectivity index (χ0) is 33.8. The number of nitrogens with zero attached hydrogens (tertiary/aromatic N) is 4. The molecule has 0 fully saturated rings. The number of hydrogen-bond donors (Lipinski definition) is 6. The summed E-state index contributed by atoms with van der Waals surface area (Å²) in [4.78, 5) is 9.15. The maximum atomic E-state index is 9.13. The Morgan fingerprint density at radius 3 is 0.522 bits per heavy atom. The lowest BCUT2D eigenvalue weighted by molar-refractivity contribution is 0.0378. The number of ether oxygens (including phenoxy) is 6. The highest BCUT2D eigenvalue weighted by atomic mass is 16.5. The fourth-order valence-electron chi connectivity index (χ4n) is 4.35. The number of aliphatic hydroxyl groups is 6. The van der Waals surface area contributed by atoms with Crippen LogP contribution in [0.3, 0.4) is 0 Å². The van der Waals surface area contributed by atoms with Crippen molar-refractivity contribution in [3.8, 4) is 0 Å². The molecule has 0 saturated heterocycles. The molecule has 0 radical (unpaired) electrons. The van der Waals surface area contributed by atoms with Gasteiger partial charge in [0.25, 0.3) is 0 Å². The molecule has 0 spiro atoms. The van der Waals surface area contributed by atoms with Crippen molar-refractivity contribution >= 4 is 0 Å². The van der Waals surface area contributed by atoms with Gasteiger partial charge in [-0.2, -0.15) is 0 Å². The summed E-state index contributed by atoms with van der Waals surface area (Å²) in [6, 6.07) is 0. The third kappa shape index (κ3) is 30.7. The van der Waals surface area contributed by atoms with E-state index in [2.05, 4.69) is 19.6 Å². The van der Waals surface area contributed by atoms with Gasteiger partial charge in [-0.1, -0.05) is 0 Å². The lowest BCUT2D eigenvalue weighted by atomic mass is 10.3. The van der Waals surface area contributed by atoms with E-state index in [-0.39, 0.29) is 39.6 Å². The SMILES string of the molecule is OCCOCCN(CCOCCO)CCN(CCOCCO)CCN(CCOCCO)CCN(CCOCCO)CCOCCO. The van der Waals surface area contributed by atoms with Crippen LogP contribution in [0.5, 0.6) is 0 Å². The molecule has 0 aliphatic carbocycles. The second kappa shape index (κ2) is 37.2. The number of aliphatic hydroxyl groups excluding tert-OH is 6. The lowest BCUT2D eigenvalue weighted by Crippen LogP contribution is -2.45. The van der Waals surface area contributed by atoms with Gasteiger partial charge in [-0.25, -0.2) is 0 Å². The molecule has 0 unspecified atom stereocenters. The average molecular weight is 675 g/mol. The maximum Gasteiger partial charge on any atom is 0.0698 e. The van der Waals surface area contributed by atoms with Crippen LogP contribution < -0.4 is 0 Å². The predicted molar refractivity (Wildman–Crippen MR) is 173 cm³/mol. The van der Waals surface area contributed by atoms with E-state index in [4.69, 9.17) is 59.1 Å². The van der Waals surface area contributed by atoms with Gasteiger partial charge >= 0.3 is 0 Å². The van der Waals surface area contributed by atoms with E-state index in [0.29, 0.717) is 119 Å². The topological polar surface area (TPSA) is 190 Å². The Labute approximate surface area is 276 Å². The second-order valence-corrected chi connectivity index (χ2v) is 10.4. The molecular weight excluding hydrogens is 608 g/mol. The smallest absolute Gasteiger partial charge is 0.0698 e. The second-order valence-electron chi connectivity index (χ2n) is 10.4. The van der Waals surface area contributed by atoms with Crippen LogP contribution in [0.15, 0.2) is 0 Å². The molecular formula is C30H66N4O12. The Morgan fingerprint density at radius 1 is 0.217 bits per heavy atom. The molecule has 0 saturated carbocycles. The Kier molecular flexibility index (Phi) is 36.7. The lowest BCUT2D eigenvalue weighted by Gasteiger charge is -2.31. The third-order valence-electron chi connectivity index (χ3n) is 6.92. The minimum absolute atomic E-state index is 0.0183. The summed E-state index contributed by atoms with van der Waals surface area (Å²) in [5.41, 5.74) is 0. The predicted octanol–water partition coefficient (Wildman–Crippen LogP) is -3.75. The van der Waals surface area contributed by atoms with Crippen LogP contribution >= 0.6 is 0 Å². The highest BCUT2D eigenvalue weighted by Gasteiger charge is 2.14. The summed E-state index contributed by atoms with van der Waals surface area (Å²) in [5.74, 6) is 0. The summed E-state index contributed by atoms with van der Waals surface area (Å²) >= 11 is 0. The van der Waals surface area contributed by atoms with Gasteiger partial charge < -0.3 is 59.1 Å². The standard InChI is InChI=1S/C30H66N4O12/c35-13-25-41-19-7-31(3-5-33(9-21-43-27-15-37)10-22-44-28-16-38)1-2-32(8-20-42-26-14-36)4-6-34(11-23-45-29-17-39)12-24-46-30-18-40/h35-40H,1-30H2. The number of hydrogen-bond acceptors (Lipinski definition) is 16. The van der Waals surface area contributed by atoms with E-state index >= 15 is 0 Å². The van der Waals surface area contributed by atoms with Crippen LogP contribution in [0.4, 0.5) is 0 Å². The van der Waals surface area contributed by atoms with Crippen molar-refractivity contribution in [3.05, 3.63) is 0 Å². The fraction of sp³-hybridized carbons (Fsp3) is 1.00. The third-order valence-corrected chi connectivity index (χ3v) is 6.92. The molecule has 16 nitrogen and oxygen atoms in total. The van der Waals surface area contributed by atoms with E-state index in [1.807, 2.05) is 0 Å². The van der Waals surface area contributed by atoms with Crippen molar-refractivity contribution in [3.63, 3.8) is 0 Å². The first-order chi connectivity index (χ1) is 22.6. The molecule has 0 atom stereocenters. The van der Waals surface area contributed by atoms with Crippen LogP contribution in [-0.4, -0.2) is 248 Å². The first-order valence-electron chi connectivity index (χ1n) is 16.7. The summed E-state index contributed by atoms with van der Waals surface area (Å²) in [6.07, 6.45) is 0. The molecule has 0 bridgehead atoms. The van der Waals surface area contributed by atoms with Crippen molar-refractivity contribution < 1.29 is 59.1 Å². The van der Waals surface area contributed by atoms with Crippen LogP contribution in [0, 0.1) is 0 Å². The Morgan fingerprint density at radius 2 is 0.370 bits per heavy atom. The Bertz CT molecular complexity index is 520. The summed E-state index contributed by atoms with van der Waals surface area (Å²) < 4.78 is 33.1. The van der Waals surface area contributed by atoms with Crippen LogP contribution in [-0.2, 0) is 28.4 Å². The first kappa shape index (κ1) is 45.4. The van der Waals surface area contributed by atoms with Crippen molar-refractivity contribution in [1.82, 2.24) is 19.6 Å². The van der Waals surface area contributed by atoms with Gasteiger partial charge in [-0.15, -0.1) is 0 Å². The zero-order valence-corrected chi connectivity index (χ0v) is 28.1. The van der Waals surface area contributed by atoms with Gasteiger partial charge in [0.2, 0.25) is 0 Å². The average Bonchev–Trinajstić information content (AvgIpc) is 3.07. The largest absolute Gasteiger partial charge is 0.394 e. The van der Waals surface area contributed by atoms with E-state index in [1.165, 1.54) is 0 Å². The van der Waals surface area contributed by atoms with Gasteiger partial charge in [-0.05, 0) is 0 Å². The molecule has 0 aliphatic rings. The van der Waals surface area contributed by atoms with E-state index in [0.717, 1.165) is 39.3 Å². The van der Waals surface area contributed by atoms with Gasteiger partial charge in [0.1, 0.15) is 0 Å². The van der Waals surface area contributed by atoms with E-state index in [9.17, 15) is 0 Å². The highest BCUT2D eigenvalue weighted by Crippen LogP contribution is 2.00. The van der Waals surface area contributed by atoms with Crippen molar-refractivity contribution in [1.29, 1.82) is 0 Å². The molecule has 0 aliphatic heterocycles. The van der Waals surface area contributed by atoms with E-state index in [1.54, 1.807) is 0 Å². The molecule has 0 aromatic rings. The Balaban J connectivity index is 5.29. The zero-order valence-electron chi connectivity index (χ0n) is 28.1. The molecule has 6 N–H and O–H groups in total. The van der Waals surface area contributed by atoms with Gasteiger partial charge in [0, 0.05) is 78.5 Å². The molecule has 0 aromatic heterocycles. The summed E-state index contributed by atoms with van der Waals surface area (Å²) in [6.45, 7) is 13.4. The Hall–Kier alpha value is -0.640. The molecule has 46 heavy (non-hydrogen) atoms. The van der Waals surface area contributed by atoms with Crippen LogP contribution in [0.25, 0.3) is 0 Å². The van der Waals surface area contributed by atoms with Crippen LogP contribution in [0.1, 0.15) is 0 Å². The monoisotopic (exact) mass is 674 g/mol. The summed E-state index contributed by atoms with van der Waals surface area (Å²) in [7, 11) is 0. The normalized spacial score (nSPS) is 12.1. The molecule has 0 heterocycles. The van der Waals surface area contributed by atoms with E-state index < -0.39 is 0 Å². The van der Waals surface area contributed by atoms with Gasteiger partial charge in [0.05, 0.1) is 119 Å². The molecule has 0 amide bonds. The molecule has 0 aromatic carbocycles. The van der Waals surface area contributed by atoms with Gasteiger partial charge in [0.15, 0.2) is 0 Å². The van der Waals surface area contributed by atoms with Gasteiger partial charge in [-0.3, -0.25) is 19.6 Å². The highest BCUT2D eigenvalue weighted by molar-refractivity contribution is 4.69. The van der Waals surface area contributed by atoms with Crippen molar-refractivity contribution in [2.75, 3.05) is 197 Å². The first-order valence-corrected chi connectivity index (χ1v) is 16.7. The number of rotatable bonds is 39. The molecule has 16 heteroatoms. The van der Waals surface area contributed by atoms with Crippen molar-refractivity contribution in [2.24, 2.45) is 0 Å². The quantitative estimate of drug-likeness (QED) is 0.0349. The van der Waals surface area contributed by atoms with Crippen molar-refractivity contribution in [2.45, 2.75) is 0 Å².